The van der Waals surface area contributed by atoms with Gasteiger partial charge >= 0.3 is 0 Å². The molecule has 0 radical (unpaired) electrons. The Bertz CT molecular complexity index is 2420. The molecule has 63 heavy (non-hydrogen) atoms. The zero-order valence-corrected chi connectivity index (χ0v) is 40.6. The topological polar surface area (TPSA) is 88.6 Å². The molecule has 6 rings (SSSR count). The highest BCUT2D eigenvalue weighted by Crippen LogP contribution is 2.45. The fraction of sp³-hybridized carbons (Fsp3) is 0.345. The van der Waals surface area contributed by atoms with Crippen molar-refractivity contribution < 1.29 is 10.2 Å². The van der Waals surface area contributed by atoms with Crippen LogP contribution in [0.2, 0.25) is 0 Å². The van der Waals surface area contributed by atoms with Crippen molar-refractivity contribution in [3.05, 3.63) is 155 Å². The highest BCUT2D eigenvalue weighted by atomic mass is 32.2. The molecule has 1 unspecified atom stereocenters. The Balaban J connectivity index is 1.04. The average molecular weight is 881 g/mol. The van der Waals surface area contributed by atoms with Crippen molar-refractivity contribution in [1.82, 2.24) is 0 Å². The molecular weight excluding hydrogens is 813 g/mol. The van der Waals surface area contributed by atoms with E-state index in [9.17, 15) is 10.2 Å². The molecule has 6 aromatic carbocycles. The third kappa shape index (κ3) is 13.0. The minimum absolute atomic E-state index is 0.0992. The second-order valence-corrected chi connectivity index (χ2v) is 21.6. The lowest BCUT2D eigenvalue weighted by atomic mass is 9.74. The van der Waals surface area contributed by atoms with Crippen molar-refractivity contribution in [1.29, 1.82) is 0 Å². The monoisotopic (exact) mass is 880 g/mol. The number of phenols is 2. The lowest BCUT2D eigenvalue weighted by Crippen LogP contribution is -2.22. The van der Waals surface area contributed by atoms with Crippen molar-refractivity contribution >= 4 is 57.6 Å². The summed E-state index contributed by atoms with van der Waals surface area (Å²) in [7, 11) is 0. The predicted molar refractivity (Wildman–Crippen MR) is 275 cm³/mol. The quantitative estimate of drug-likeness (QED) is 0.0376. The first kappa shape index (κ1) is 47.3. The maximum absolute atomic E-state index is 11.9. The molecule has 332 valence electrons. The van der Waals surface area contributed by atoms with Gasteiger partial charge in [0.15, 0.2) is 0 Å². The van der Waals surface area contributed by atoms with E-state index in [1.165, 1.54) is 5.56 Å². The average Bonchev–Trinajstić information content (AvgIpc) is 3.24. The molecule has 0 aliphatic rings. The highest BCUT2D eigenvalue weighted by molar-refractivity contribution is 7.99. The van der Waals surface area contributed by atoms with Crippen molar-refractivity contribution in [2.24, 2.45) is 5.92 Å². The van der Waals surface area contributed by atoms with Gasteiger partial charge in [0.05, 0.1) is 0 Å². The van der Waals surface area contributed by atoms with Gasteiger partial charge in [-0.2, -0.15) is 0 Å². The van der Waals surface area contributed by atoms with E-state index in [0.29, 0.717) is 17.4 Å². The Morgan fingerprint density at radius 2 is 1.05 bits per heavy atom. The van der Waals surface area contributed by atoms with Gasteiger partial charge in [-0.3, -0.25) is 0 Å². The van der Waals surface area contributed by atoms with Gasteiger partial charge in [-0.25, -0.2) is 0 Å². The highest BCUT2D eigenvalue weighted by Gasteiger charge is 2.31. The number of aromatic hydroxyl groups is 2. The van der Waals surface area contributed by atoms with Crippen molar-refractivity contribution in [3.8, 4) is 11.5 Å². The van der Waals surface area contributed by atoms with Crippen LogP contribution >= 0.6 is 23.5 Å². The lowest BCUT2D eigenvalue weighted by Gasteiger charge is -2.31. The molecular formula is C55H68N4O2S2. The Hall–Kier alpha value is -5.18. The molecule has 8 heteroatoms. The van der Waals surface area contributed by atoms with E-state index in [1.54, 1.807) is 11.8 Å². The summed E-state index contributed by atoms with van der Waals surface area (Å²) in [6.45, 7) is 23.4. The van der Waals surface area contributed by atoms with Crippen LogP contribution in [0.15, 0.2) is 137 Å². The smallest absolute Gasteiger partial charge is 0.132 e. The minimum atomic E-state index is -0.467. The van der Waals surface area contributed by atoms with Crippen LogP contribution in [-0.2, 0) is 16.2 Å². The van der Waals surface area contributed by atoms with Gasteiger partial charge in [0.2, 0.25) is 0 Å². The van der Waals surface area contributed by atoms with E-state index in [1.807, 2.05) is 30.0 Å². The van der Waals surface area contributed by atoms with E-state index in [-0.39, 0.29) is 10.8 Å². The van der Waals surface area contributed by atoms with Gasteiger partial charge in [-0.05, 0) is 132 Å². The molecule has 0 heterocycles. The third-order valence-electron chi connectivity index (χ3n) is 11.5. The number of thioether (sulfide) groups is 2. The summed E-state index contributed by atoms with van der Waals surface area (Å²) in [5.41, 5.74) is 10.7. The summed E-state index contributed by atoms with van der Waals surface area (Å²) >= 11 is 3.56. The maximum atomic E-state index is 11.9. The summed E-state index contributed by atoms with van der Waals surface area (Å²) in [6, 6.07) is 44.2. The molecule has 0 aromatic heterocycles. The summed E-state index contributed by atoms with van der Waals surface area (Å²) in [6.07, 6.45) is 1.03. The molecule has 0 aliphatic heterocycles. The van der Waals surface area contributed by atoms with Crippen molar-refractivity contribution in [2.45, 2.75) is 102 Å². The molecule has 0 fully saturated rings. The summed E-state index contributed by atoms with van der Waals surface area (Å²) in [4.78, 5) is 2.13. The summed E-state index contributed by atoms with van der Waals surface area (Å²) < 4.78 is 0. The second-order valence-electron chi connectivity index (χ2n) is 19.4. The molecule has 0 spiro atoms. The number of para-hydroxylation sites is 1. The van der Waals surface area contributed by atoms with Crippen molar-refractivity contribution in [2.75, 3.05) is 45.9 Å². The normalized spacial score (nSPS) is 12.5. The second kappa shape index (κ2) is 20.5. The van der Waals surface area contributed by atoms with E-state index in [0.717, 1.165) is 97.2 Å². The van der Waals surface area contributed by atoms with Gasteiger partial charge in [0.25, 0.3) is 0 Å². The molecule has 0 saturated heterocycles. The first-order valence-electron chi connectivity index (χ1n) is 22.2. The Labute approximate surface area is 386 Å². The Morgan fingerprint density at radius 3 is 1.67 bits per heavy atom. The van der Waals surface area contributed by atoms with E-state index >= 15 is 0 Å². The number of anilines is 6. The zero-order chi connectivity index (χ0) is 45.4. The van der Waals surface area contributed by atoms with Gasteiger partial charge in [0, 0.05) is 90.6 Å². The Morgan fingerprint density at radius 1 is 0.524 bits per heavy atom. The number of hydrogen-bond donors (Lipinski definition) is 6. The Kier molecular flexibility index (Phi) is 15.4. The van der Waals surface area contributed by atoms with Crippen molar-refractivity contribution in [3.63, 3.8) is 0 Å². The molecule has 0 bridgehead atoms. The van der Waals surface area contributed by atoms with Crippen LogP contribution < -0.4 is 21.3 Å². The van der Waals surface area contributed by atoms with Crippen LogP contribution in [0.1, 0.15) is 96.6 Å². The minimum Gasteiger partial charge on any atom is -0.507 e. The first-order chi connectivity index (χ1) is 29.9. The molecule has 0 saturated carbocycles. The van der Waals surface area contributed by atoms with E-state index < -0.39 is 5.41 Å². The number of benzene rings is 6. The van der Waals surface area contributed by atoms with Crippen LogP contribution in [0.3, 0.4) is 0 Å². The molecule has 6 N–H and O–H groups in total. The molecule has 6 nitrogen and oxygen atoms in total. The van der Waals surface area contributed by atoms with E-state index in [2.05, 4.69) is 200 Å². The largest absolute Gasteiger partial charge is 0.507 e. The fourth-order valence-electron chi connectivity index (χ4n) is 7.65. The first-order valence-corrected chi connectivity index (χ1v) is 24.2. The number of hydrogen-bond acceptors (Lipinski definition) is 8. The van der Waals surface area contributed by atoms with Crippen LogP contribution in [0.4, 0.5) is 34.1 Å². The molecule has 1 atom stereocenters. The van der Waals surface area contributed by atoms with Gasteiger partial charge < -0.3 is 31.5 Å². The third-order valence-corrected chi connectivity index (χ3v) is 13.8. The van der Waals surface area contributed by atoms with Crippen LogP contribution in [0.5, 0.6) is 11.5 Å². The standard InChI is InChI=1S/C55H68N4O2S2/c1-37(36-63-50-32-38(2)31-47(52(50)61)53(3,4)5)27-28-56-40-19-25-44(26-20-40)59-45-18-14-15-39(33-45)55(9,10)49-35-46(34-48(51(49)60)54(6,7)8)62-30-29-57-41-21-23-43(24-22-41)58-42-16-12-11-13-17-42/h11-26,31-35,37,56-61H,27-30,36H2,1-10H3. The van der Waals surface area contributed by atoms with E-state index in [4.69, 9.17) is 0 Å². The summed E-state index contributed by atoms with van der Waals surface area (Å²) in [5, 5.41) is 37.1. The molecule has 0 aliphatic carbocycles. The maximum Gasteiger partial charge on any atom is 0.132 e. The molecule has 0 amide bonds. The summed E-state index contributed by atoms with van der Waals surface area (Å²) in [5.74, 6) is 3.11. The van der Waals surface area contributed by atoms with Crippen LogP contribution in [0, 0.1) is 12.8 Å². The van der Waals surface area contributed by atoms with Gasteiger partial charge in [-0.15, -0.1) is 23.5 Å². The van der Waals surface area contributed by atoms with Gasteiger partial charge in [-0.1, -0.05) is 98.7 Å². The lowest BCUT2D eigenvalue weighted by molar-refractivity contribution is 0.427. The van der Waals surface area contributed by atoms with Gasteiger partial charge in [0.1, 0.15) is 11.5 Å². The number of rotatable bonds is 18. The van der Waals surface area contributed by atoms with Crippen LogP contribution in [-0.4, -0.2) is 34.8 Å². The number of nitrogens with one attached hydrogen (secondary N) is 4. The predicted octanol–water partition coefficient (Wildman–Crippen LogP) is 15.2. The fourth-order valence-corrected chi connectivity index (χ4v) is 9.64. The molecule has 6 aromatic rings. The number of aryl methyl sites for hydroxylation is 1. The zero-order valence-electron chi connectivity index (χ0n) is 38.9. The SMILES string of the molecule is Cc1cc(SCC(C)CCNc2ccc(Nc3cccc(C(C)(C)c4cc(SCCNc5ccc(Nc6ccccc6)cc5)cc(C(C)(C)C)c4O)c3)cc2)c(O)c(C(C)(C)C)c1. The number of phenolic OH excluding ortho intramolecular Hbond substituents is 2. The van der Waals surface area contributed by atoms with Crippen LogP contribution in [0.25, 0.3) is 0 Å².